The summed E-state index contributed by atoms with van der Waals surface area (Å²) in [5.41, 5.74) is 8.40. The van der Waals surface area contributed by atoms with E-state index in [-0.39, 0.29) is 23.6 Å². The molecule has 1 heterocycles. The predicted octanol–water partition coefficient (Wildman–Crippen LogP) is 1.74. The number of nitrogens with two attached hydrogens (primary N) is 1. The van der Waals surface area contributed by atoms with Gasteiger partial charge in [0.05, 0.1) is 0 Å². The molecule has 1 aliphatic heterocycles. The van der Waals surface area contributed by atoms with Gasteiger partial charge in [-0.15, -0.1) is 0 Å². The summed E-state index contributed by atoms with van der Waals surface area (Å²) >= 11 is 0. The zero-order chi connectivity index (χ0) is 18.7. The number of nitrogens with zero attached hydrogens (tertiary/aromatic N) is 1. The van der Waals surface area contributed by atoms with Gasteiger partial charge in [-0.25, -0.2) is 0 Å². The molecule has 0 unspecified atom stereocenters. The van der Waals surface area contributed by atoms with Gasteiger partial charge in [0.1, 0.15) is 11.8 Å². The fraction of sp³-hybridized carbons (Fsp3) is 0.300. The molecule has 26 heavy (non-hydrogen) atoms. The topological polar surface area (TPSA) is 95.7 Å². The predicted molar refractivity (Wildman–Crippen MR) is 99.6 cm³/mol. The number of likely N-dealkylation sites (tertiary alicyclic amines) is 1. The maximum atomic E-state index is 12.9. The highest BCUT2D eigenvalue weighted by Crippen LogP contribution is 2.24. The molecule has 2 aromatic rings. The van der Waals surface area contributed by atoms with Crippen molar-refractivity contribution in [2.45, 2.75) is 25.4 Å². The van der Waals surface area contributed by atoms with Crippen LogP contribution in [0.1, 0.15) is 23.7 Å². The van der Waals surface area contributed by atoms with Gasteiger partial charge in [0, 0.05) is 24.7 Å². The summed E-state index contributed by atoms with van der Waals surface area (Å²) in [6, 6.07) is 13.4. The van der Waals surface area contributed by atoms with Crippen LogP contribution in [0.4, 0.5) is 0 Å². The lowest BCUT2D eigenvalue weighted by molar-refractivity contribution is -0.124. The van der Waals surface area contributed by atoms with E-state index in [4.69, 9.17) is 5.73 Å². The van der Waals surface area contributed by atoms with E-state index < -0.39 is 6.04 Å². The van der Waals surface area contributed by atoms with E-state index in [1.807, 2.05) is 31.2 Å². The normalized spacial score (nSPS) is 19.4. The molecule has 0 bridgehead atoms. The Kier molecular flexibility index (Phi) is 5.23. The Hall–Kier alpha value is -2.86. The van der Waals surface area contributed by atoms with Crippen LogP contribution >= 0.6 is 0 Å². The van der Waals surface area contributed by atoms with Gasteiger partial charge >= 0.3 is 0 Å². The van der Waals surface area contributed by atoms with Crippen LogP contribution in [0.15, 0.2) is 48.5 Å². The average Bonchev–Trinajstić information content (AvgIpc) is 3.04. The number of aromatic hydroxyl groups is 1. The zero-order valence-electron chi connectivity index (χ0n) is 14.7. The van der Waals surface area contributed by atoms with Crippen LogP contribution < -0.4 is 11.1 Å². The van der Waals surface area contributed by atoms with Crippen LogP contribution in [0, 0.1) is 0 Å². The number of phenolic OH excluding ortho intramolecular Hbond substituents is 1. The van der Waals surface area contributed by atoms with Crippen LogP contribution in [0.3, 0.4) is 0 Å². The van der Waals surface area contributed by atoms with E-state index in [2.05, 4.69) is 5.32 Å². The summed E-state index contributed by atoms with van der Waals surface area (Å²) in [7, 11) is 0. The second-order valence-electron chi connectivity index (χ2n) is 6.49. The summed E-state index contributed by atoms with van der Waals surface area (Å²) in [5.74, 6) is -0.136. The van der Waals surface area contributed by atoms with Gasteiger partial charge in [-0.2, -0.15) is 0 Å². The highest BCUT2D eigenvalue weighted by Gasteiger charge is 2.38. The van der Waals surface area contributed by atoms with Gasteiger partial charge in [-0.05, 0) is 48.7 Å². The number of benzene rings is 2. The van der Waals surface area contributed by atoms with Crippen molar-refractivity contribution in [2.75, 3.05) is 13.1 Å². The summed E-state index contributed by atoms with van der Waals surface area (Å²) in [5, 5.41) is 12.1. The first-order valence-electron chi connectivity index (χ1n) is 8.73. The molecule has 6 heteroatoms. The Morgan fingerprint density at radius 2 is 1.69 bits per heavy atom. The van der Waals surface area contributed by atoms with Crippen molar-refractivity contribution < 1.29 is 14.7 Å². The first-order chi connectivity index (χ1) is 12.5. The van der Waals surface area contributed by atoms with Gasteiger partial charge in [-0.3, -0.25) is 9.59 Å². The molecule has 0 aliphatic carbocycles. The van der Waals surface area contributed by atoms with Crippen molar-refractivity contribution in [3.63, 3.8) is 0 Å². The van der Waals surface area contributed by atoms with Gasteiger partial charge in [-0.1, -0.05) is 24.3 Å². The molecule has 3 rings (SSSR count). The second-order valence-corrected chi connectivity index (χ2v) is 6.49. The van der Waals surface area contributed by atoms with E-state index in [0.717, 1.165) is 11.1 Å². The molecule has 1 fully saturated rings. The van der Waals surface area contributed by atoms with E-state index in [1.54, 1.807) is 29.2 Å². The molecule has 2 amide bonds. The molecule has 0 spiro atoms. The number of hydrogen-bond acceptors (Lipinski definition) is 4. The van der Waals surface area contributed by atoms with Crippen molar-refractivity contribution in [1.29, 1.82) is 0 Å². The molecule has 136 valence electrons. The van der Waals surface area contributed by atoms with Crippen molar-refractivity contribution in [2.24, 2.45) is 5.73 Å². The summed E-state index contributed by atoms with van der Waals surface area (Å²) < 4.78 is 0. The smallest absolute Gasteiger partial charge is 0.254 e. The minimum atomic E-state index is -0.519. The molecule has 0 aromatic heterocycles. The number of rotatable bonds is 4. The monoisotopic (exact) mass is 353 g/mol. The third kappa shape index (κ3) is 3.70. The van der Waals surface area contributed by atoms with Gasteiger partial charge in [0.15, 0.2) is 0 Å². The van der Waals surface area contributed by atoms with Crippen molar-refractivity contribution >= 4 is 11.8 Å². The Labute approximate surface area is 152 Å². The third-order valence-corrected chi connectivity index (χ3v) is 4.58. The molecule has 2 aromatic carbocycles. The minimum absolute atomic E-state index is 0.158. The molecular weight excluding hydrogens is 330 g/mol. The fourth-order valence-corrected chi connectivity index (χ4v) is 3.26. The number of nitrogens with one attached hydrogen (secondary N) is 1. The Bertz CT molecular complexity index is 787. The Morgan fingerprint density at radius 1 is 1.12 bits per heavy atom. The standard InChI is InChI=1S/C20H23N3O3/c1-2-22-19(25)18-11-16(21)12-23(18)20(26)15-5-3-13(4-6-15)14-7-9-17(24)10-8-14/h3-10,16,18,24H,2,11-12,21H2,1H3,(H,22,25)/t16-,18+/m1/s1. The second kappa shape index (κ2) is 7.58. The van der Waals surface area contributed by atoms with Gasteiger partial charge in [0.25, 0.3) is 5.91 Å². The third-order valence-electron chi connectivity index (χ3n) is 4.58. The highest BCUT2D eigenvalue weighted by molar-refractivity contribution is 5.98. The molecule has 6 nitrogen and oxygen atoms in total. The van der Waals surface area contributed by atoms with E-state index in [0.29, 0.717) is 25.1 Å². The van der Waals surface area contributed by atoms with Crippen molar-refractivity contribution in [3.8, 4) is 16.9 Å². The van der Waals surface area contributed by atoms with Gasteiger partial charge < -0.3 is 21.1 Å². The zero-order valence-corrected chi connectivity index (χ0v) is 14.7. The summed E-state index contributed by atoms with van der Waals surface area (Å²) in [6.45, 7) is 2.75. The molecule has 1 saturated heterocycles. The molecule has 2 atom stereocenters. The van der Waals surface area contributed by atoms with Crippen LogP contribution in [0.2, 0.25) is 0 Å². The number of phenols is 1. The summed E-state index contributed by atoms with van der Waals surface area (Å²) in [4.78, 5) is 26.6. The summed E-state index contributed by atoms with van der Waals surface area (Å²) in [6.07, 6.45) is 0.475. The number of amides is 2. The van der Waals surface area contributed by atoms with Crippen LogP contribution in [0.25, 0.3) is 11.1 Å². The van der Waals surface area contributed by atoms with E-state index >= 15 is 0 Å². The van der Waals surface area contributed by atoms with Crippen molar-refractivity contribution in [3.05, 3.63) is 54.1 Å². The molecular formula is C20H23N3O3. The first kappa shape index (κ1) is 17.9. The molecule has 1 aliphatic rings. The number of likely N-dealkylation sites (N-methyl/N-ethyl adjacent to an activating group) is 1. The molecule has 4 N–H and O–H groups in total. The quantitative estimate of drug-likeness (QED) is 0.780. The van der Waals surface area contributed by atoms with Crippen LogP contribution in [-0.4, -0.2) is 47.0 Å². The number of carbonyl (C=O) groups is 2. The number of carbonyl (C=O) groups excluding carboxylic acids is 2. The van der Waals surface area contributed by atoms with Crippen molar-refractivity contribution in [1.82, 2.24) is 10.2 Å². The molecule has 0 saturated carbocycles. The largest absolute Gasteiger partial charge is 0.508 e. The SMILES string of the molecule is CCNC(=O)[C@@H]1C[C@@H](N)CN1C(=O)c1ccc(-c2ccc(O)cc2)cc1. The maximum absolute atomic E-state index is 12.9. The lowest BCUT2D eigenvalue weighted by atomic mass is 10.0. The van der Waals surface area contributed by atoms with E-state index in [9.17, 15) is 14.7 Å². The first-order valence-corrected chi connectivity index (χ1v) is 8.73. The van der Waals surface area contributed by atoms with Gasteiger partial charge in [0.2, 0.25) is 5.91 Å². The molecule has 0 radical (unpaired) electrons. The Balaban J connectivity index is 1.78. The van der Waals surface area contributed by atoms with Crippen LogP contribution in [-0.2, 0) is 4.79 Å². The lowest BCUT2D eigenvalue weighted by Gasteiger charge is -2.23. The van der Waals surface area contributed by atoms with Crippen LogP contribution in [0.5, 0.6) is 5.75 Å². The van der Waals surface area contributed by atoms with E-state index in [1.165, 1.54) is 0 Å². The Morgan fingerprint density at radius 3 is 2.27 bits per heavy atom. The highest BCUT2D eigenvalue weighted by atomic mass is 16.3. The maximum Gasteiger partial charge on any atom is 0.254 e. The average molecular weight is 353 g/mol. The minimum Gasteiger partial charge on any atom is -0.508 e. The number of hydrogen-bond donors (Lipinski definition) is 3. The fourth-order valence-electron chi connectivity index (χ4n) is 3.26. The lowest BCUT2D eigenvalue weighted by Crippen LogP contribution is -2.45.